The minimum absolute atomic E-state index is 0.247. The second kappa shape index (κ2) is 8.28. The van der Waals surface area contributed by atoms with Crippen LogP contribution in [0.2, 0.25) is 0 Å². The van der Waals surface area contributed by atoms with E-state index in [-0.39, 0.29) is 4.90 Å². The highest BCUT2D eigenvalue weighted by atomic mass is 32.2. The van der Waals surface area contributed by atoms with Gasteiger partial charge in [-0.2, -0.15) is 4.31 Å². The summed E-state index contributed by atoms with van der Waals surface area (Å²) in [7, 11) is 0.946. The van der Waals surface area contributed by atoms with Crippen molar-refractivity contribution in [3.05, 3.63) is 71.5 Å². The maximum absolute atomic E-state index is 13.8. The van der Waals surface area contributed by atoms with E-state index in [9.17, 15) is 8.42 Å². The first-order chi connectivity index (χ1) is 14.9. The number of hydrogen-bond donors (Lipinski definition) is 0. The summed E-state index contributed by atoms with van der Waals surface area (Å²) in [5.41, 5.74) is 2.49. The molecule has 0 saturated carbocycles. The van der Waals surface area contributed by atoms with Crippen LogP contribution in [0.25, 0.3) is 0 Å². The van der Waals surface area contributed by atoms with Crippen LogP contribution in [0.5, 0.6) is 17.2 Å². The van der Waals surface area contributed by atoms with Crippen LogP contribution in [0.15, 0.2) is 59.6 Å². The Balaban J connectivity index is 1.84. The van der Waals surface area contributed by atoms with E-state index in [1.54, 1.807) is 49.9 Å². The molecule has 1 atom stereocenters. The van der Waals surface area contributed by atoms with E-state index in [1.165, 1.54) is 0 Å². The summed E-state index contributed by atoms with van der Waals surface area (Å²) in [6.45, 7) is 2.78. The number of hydrogen-bond acceptors (Lipinski definition) is 5. The molecule has 0 spiro atoms. The summed E-state index contributed by atoms with van der Waals surface area (Å²) in [5, 5.41) is 0. The van der Waals surface area contributed by atoms with E-state index >= 15 is 0 Å². The normalized spacial score (nSPS) is 16.6. The molecule has 0 saturated heterocycles. The van der Waals surface area contributed by atoms with Crippen LogP contribution in [-0.4, -0.2) is 45.2 Å². The molecule has 3 aromatic rings. The number of methoxy groups -OCH3 is 3. The maximum Gasteiger partial charge on any atom is 0.244 e. The first-order valence-corrected chi connectivity index (χ1v) is 11.4. The van der Waals surface area contributed by atoms with Crippen LogP contribution in [0.4, 0.5) is 0 Å². The quantitative estimate of drug-likeness (QED) is 0.583. The second-order valence-electron chi connectivity index (χ2n) is 7.39. The van der Waals surface area contributed by atoms with Gasteiger partial charge in [-0.25, -0.2) is 8.42 Å². The number of fused-ring (bicyclic) bond motifs is 1. The predicted octanol–water partition coefficient (Wildman–Crippen LogP) is 3.62. The zero-order valence-electron chi connectivity index (χ0n) is 18.0. The minimum Gasteiger partial charge on any atom is -0.496 e. The van der Waals surface area contributed by atoms with Crippen LogP contribution in [0.3, 0.4) is 0 Å². The van der Waals surface area contributed by atoms with Gasteiger partial charge in [-0.15, -0.1) is 0 Å². The van der Waals surface area contributed by atoms with Gasteiger partial charge >= 0.3 is 0 Å². The van der Waals surface area contributed by atoms with Crippen molar-refractivity contribution in [1.29, 1.82) is 0 Å². The first-order valence-electron chi connectivity index (χ1n) is 9.94. The Hall–Kier alpha value is -2.97. The lowest BCUT2D eigenvalue weighted by Crippen LogP contribution is -2.42. The van der Waals surface area contributed by atoms with E-state index in [1.807, 2.05) is 37.4 Å². The van der Waals surface area contributed by atoms with Crippen LogP contribution in [0.1, 0.15) is 22.9 Å². The SMILES string of the molecule is COc1ccc(S(=O)(=O)N2CCn3cccc3[C@@H]2c2ccc(OC)c(OC)c2)cc1C. The molecule has 1 aliphatic heterocycles. The number of benzene rings is 2. The molecule has 8 heteroatoms. The number of aryl methyl sites for hydroxylation is 1. The average Bonchev–Trinajstić information content (AvgIpc) is 3.26. The van der Waals surface area contributed by atoms with Gasteiger partial charge in [0.1, 0.15) is 5.75 Å². The molecule has 7 nitrogen and oxygen atoms in total. The van der Waals surface area contributed by atoms with Crippen LogP contribution in [0, 0.1) is 6.92 Å². The Morgan fingerprint density at radius 3 is 2.26 bits per heavy atom. The van der Waals surface area contributed by atoms with Crippen molar-refractivity contribution in [2.75, 3.05) is 27.9 Å². The van der Waals surface area contributed by atoms with Gasteiger partial charge in [-0.05, 0) is 60.5 Å². The van der Waals surface area contributed by atoms with Crippen molar-refractivity contribution in [1.82, 2.24) is 8.87 Å². The van der Waals surface area contributed by atoms with Gasteiger partial charge in [-0.1, -0.05) is 6.07 Å². The molecule has 2 aromatic carbocycles. The smallest absolute Gasteiger partial charge is 0.244 e. The lowest BCUT2D eigenvalue weighted by Gasteiger charge is -2.36. The second-order valence-corrected chi connectivity index (χ2v) is 9.28. The largest absolute Gasteiger partial charge is 0.496 e. The van der Waals surface area contributed by atoms with E-state index < -0.39 is 16.1 Å². The molecule has 0 radical (unpaired) electrons. The Labute approximate surface area is 182 Å². The van der Waals surface area contributed by atoms with Crippen molar-refractivity contribution in [3.63, 3.8) is 0 Å². The first kappa shape index (κ1) is 21.3. The third-order valence-electron chi connectivity index (χ3n) is 5.69. The lowest BCUT2D eigenvalue weighted by molar-refractivity contribution is 0.296. The number of sulfonamides is 1. The van der Waals surface area contributed by atoms with Crippen LogP contribution in [-0.2, 0) is 16.6 Å². The maximum atomic E-state index is 13.8. The highest BCUT2D eigenvalue weighted by molar-refractivity contribution is 7.89. The van der Waals surface area contributed by atoms with E-state index in [0.717, 1.165) is 16.8 Å². The van der Waals surface area contributed by atoms with E-state index in [4.69, 9.17) is 14.2 Å². The molecule has 4 rings (SSSR count). The molecule has 31 heavy (non-hydrogen) atoms. The Bertz CT molecular complexity index is 1200. The van der Waals surface area contributed by atoms with Crippen molar-refractivity contribution in [2.24, 2.45) is 0 Å². The fourth-order valence-electron chi connectivity index (χ4n) is 4.13. The monoisotopic (exact) mass is 442 g/mol. The van der Waals surface area contributed by atoms with Crippen molar-refractivity contribution in [2.45, 2.75) is 24.4 Å². The van der Waals surface area contributed by atoms with Gasteiger partial charge in [0.15, 0.2) is 11.5 Å². The molecule has 1 aliphatic rings. The average molecular weight is 443 g/mol. The molecule has 0 aliphatic carbocycles. The van der Waals surface area contributed by atoms with E-state index in [0.29, 0.717) is 30.3 Å². The molecule has 0 amide bonds. The fourth-order valence-corrected chi connectivity index (χ4v) is 5.79. The topological polar surface area (TPSA) is 70.0 Å². The number of rotatable bonds is 6. The van der Waals surface area contributed by atoms with E-state index in [2.05, 4.69) is 4.57 Å². The van der Waals surface area contributed by atoms with Crippen molar-refractivity contribution in [3.8, 4) is 17.2 Å². The predicted molar refractivity (Wildman–Crippen MR) is 117 cm³/mol. The third kappa shape index (κ3) is 3.66. The molecular weight excluding hydrogens is 416 g/mol. The molecular formula is C23H26N2O5S. The zero-order chi connectivity index (χ0) is 22.2. The Kier molecular flexibility index (Phi) is 5.68. The number of ether oxygens (including phenoxy) is 3. The summed E-state index contributed by atoms with van der Waals surface area (Å²) in [4.78, 5) is 0.247. The summed E-state index contributed by atoms with van der Waals surface area (Å²) in [6.07, 6.45) is 1.98. The van der Waals surface area contributed by atoms with Crippen molar-refractivity contribution < 1.29 is 22.6 Å². The number of nitrogens with zero attached hydrogens (tertiary/aromatic N) is 2. The molecule has 0 bridgehead atoms. The van der Waals surface area contributed by atoms with Gasteiger partial charge < -0.3 is 18.8 Å². The molecule has 2 heterocycles. The molecule has 0 unspecified atom stereocenters. The van der Waals surface area contributed by atoms with Crippen LogP contribution >= 0.6 is 0 Å². The Morgan fingerprint density at radius 2 is 1.58 bits per heavy atom. The minimum atomic E-state index is -3.77. The standard InChI is InChI=1S/C23H26N2O5S/c1-16-14-18(8-10-20(16)28-2)31(26,27)25-13-12-24-11-5-6-19(24)23(25)17-7-9-21(29-3)22(15-17)30-4/h5-11,14-15,23H,12-13H2,1-4H3/t23-/m0/s1. The van der Waals surface area contributed by atoms with Gasteiger partial charge in [0.05, 0.1) is 32.3 Å². The van der Waals surface area contributed by atoms with Crippen LogP contribution < -0.4 is 14.2 Å². The fraction of sp³-hybridized carbons (Fsp3) is 0.304. The molecule has 0 fully saturated rings. The number of aromatic nitrogens is 1. The summed E-state index contributed by atoms with van der Waals surface area (Å²) in [6, 6.07) is 13.9. The third-order valence-corrected chi connectivity index (χ3v) is 7.55. The molecule has 1 aromatic heterocycles. The highest BCUT2D eigenvalue weighted by Gasteiger charge is 2.38. The Morgan fingerprint density at radius 1 is 0.871 bits per heavy atom. The van der Waals surface area contributed by atoms with Crippen molar-refractivity contribution >= 4 is 10.0 Å². The van der Waals surface area contributed by atoms with Gasteiger partial charge in [0, 0.05) is 25.0 Å². The molecule has 164 valence electrons. The zero-order valence-corrected chi connectivity index (χ0v) is 18.8. The highest BCUT2D eigenvalue weighted by Crippen LogP contribution is 2.40. The van der Waals surface area contributed by atoms with Gasteiger partial charge in [-0.3, -0.25) is 0 Å². The van der Waals surface area contributed by atoms with Gasteiger partial charge in [0.25, 0.3) is 0 Å². The summed E-state index contributed by atoms with van der Waals surface area (Å²) < 4.78 is 47.3. The summed E-state index contributed by atoms with van der Waals surface area (Å²) in [5.74, 6) is 1.81. The molecule has 0 N–H and O–H groups in total. The summed E-state index contributed by atoms with van der Waals surface area (Å²) >= 11 is 0. The van der Waals surface area contributed by atoms with Gasteiger partial charge in [0.2, 0.25) is 10.0 Å². The lowest BCUT2D eigenvalue weighted by atomic mass is 10.0.